The quantitative estimate of drug-likeness (QED) is 0.549. The second-order valence-electron chi connectivity index (χ2n) is 3.95. The lowest BCUT2D eigenvalue weighted by molar-refractivity contribution is -0.136. The molecule has 2 unspecified atom stereocenters. The van der Waals surface area contributed by atoms with Crippen molar-refractivity contribution in [3.63, 3.8) is 0 Å². The third-order valence-corrected chi connectivity index (χ3v) is 2.49. The Labute approximate surface area is 104 Å². The van der Waals surface area contributed by atoms with Crippen LogP contribution in [0.4, 0.5) is 0 Å². The highest BCUT2D eigenvalue weighted by Gasteiger charge is 2.23. The van der Waals surface area contributed by atoms with E-state index < -0.39 is 24.1 Å². The number of primary amides is 1. The number of hydrogen-bond acceptors (Lipinski definition) is 4. The summed E-state index contributed by atoms with van der Waals surface area (Å²) in [4.78, 5) is 21.3. The summed E-state index contributed by atoms with van der Waals surface area (Å²) in [5, 5.41) is 28.2. The van der Waals surface area contributed by atoms with Crippen LogP contribution in [0.15, 0.2) is 24.3 Å². The fraction of sp³-hybridized carbons (Fsp3) is 0.333. The molecule has 0 heterocycles. The van der Waals surface area contributed by atoms with Gasteiger partial charge in [0.25, 0.3) is 0 Å². The Morgan fingerprint density at radius 3 is 2.39 bits per heavy atom. The monoisotopic (exact) mass is 253 g/mol. The van der Waals surface area contributed by atoms with Gasteiger partial charge >= 0.3 is 5.97 Å². The van der Waals surface area contributed by atoms with Crippen LogP contribution in [-0.4, -0.2) is 33.3 Å². The van der Waals surface area contributed by atoms with Gasteiger partial charge in [-0.05, 0) is 11.1 Å². The van der Waals surface area contributed by atoms with Gasteiger partial charge in [0.1, 0.15) is 6.10 Å². The van der Waals surface area contributed by atoms with Crippen molar-refractivity contribution < 1.29 is 24.9 Å². The number of aliphatic hydroxyl groups is 2. The molecule has 5 N–H and O–H groups in total. The van der Waals surface area contributed by atoms with Crippen LogP contribution in [0.1, 0.15) is 23.7 Å². The molecule has 1 aromatic carbocycles. The van der Waals surface area contributed by atoms with E-state index in [9.17, 15) is 19.8 Å². The number of aliphatic hydroxyl groups excluding tert-OH is 2. The second kappa shape index (κ2) is 6.13. The van der Waals surface area contributed by atoms with Crippen LogP contribution in [-0.2, 0) is 16.0 Å². The molecule has 1 amide bonds. The van der Waals surface area contributed by atoms with E-state index in [1.165, 1.54) is 6.07 Å². The van der Waals surface area contributed by atoms with Crippen LogP contribution in [0.3, 0.4) is 0 Å². The fourth-order valence-corrected chi connectivity index (χ4v) is 1.67. The molecule has 2 atom stereocenters. The number of amides is 1. The first-order valence-electron chi connectivity index (χ1n) is 5.36. The van der Waals surface area contributed by atoms with Crippen molar-refractivity contribution in [2.75, 3.05) is 0 Å². The Bertz CT molecular complexity index is 446. The highest BCUT2D eigenvalue weighted by molar-refractivity contribution is 5.74. The zero-order valence-electron chi connectivity index (χ0n) is 9.61. The van der Waals surface area contributed by atoms with Gasteiger partial charge in [0, 0.05) is 0 Å². The summed E-state index contributed by atoms with van der Waals surface area (Å²) in [6.45, 7) is 0. The summed E-state index contributed by atoms with van der Waals surface area (Å²) >= 11 is 0. The van der Waals surface area contributed by atoms with Gasteiger partial charge in [-0.15, -0.1) is 0 Å². The molecule has 0 spiro atoms. The molecule has 98 valence electrons. The molecule has 0 saturated carbocycles. The summed E-state index contributed by atoms with van der Waals surface area (Å²) in [5.74, 6) is -1.78. The van der Waals surface area contributed by atoms with Crippen molar-refractivity contribution in [1.29, 1.82) is 0 Å². The second-order valence-corrected chi connectivity index (χ2v) is 3.95. The van der Waals surface area contributed by atoms with Crippen molar-refractivity contribution in [3.8, 4) is 0 Å². The first-order valence-corrected chi connectivity index (χ1v) is 5.36. The predicted octanol–water partition coefficient (Wildman–Crippen LogP) is -0.417. The highest BCUT2D eigenvalue weighted by Crippen LogP contribution is 2.23. The highest BCUT2D eigenvalue weighted by atomic mass is 16.4. The molecular weight excluding hydrogens is 238 g/mol. The number of aliphatic carboxylic acids is 1. The number of carboxylic acid groups (broad SMARTS) is 1. The molecule has 6 heteroatoms. The van der Waals surface area contributed by atoms with Gasteiger partial charge in [-0.2, -0.15) is 0 Å². The minimum atomic E-state index is -1.35. The van der Waals surface area contributed by atoms with Crippen LogP contribution >= 0.6 is 0 Å². The van der Waals surface area contributed by atoms with Crippen LogP contribution in [0.2, 0.25) is 0 Å². The normalized spacial score (nSPS) is 13.9. The standard InChI is InChI=1S/C12H15NO5/c13-10(15)6-9(14)12(18)8-4-2-1-3-7(8)5-11(16)17/h1-4,9,12,14,18H,5-6H2,(H2,13,15)(H,16,17). The summed E-state index contributed by atoms with van der Waals surface area (Å²) in [5.41, 5.74) is 5.60. The van der Waals surface area contributed by atoms with Gasteiger partial charge in [-0.3, -0.25) is 9.59 Å². The van der Waals surface area contributed by atoms with Crippen molar-refractivity contribution in [1.82, 2.24) is 0 Å². The van der Waals surface area contributed by atoms with Crippen LogP contribution in [0.5, 0.6) is 0 Å². The van der Waals surface area contributed by atoms with Crippen molar-refractivity contribution in [3.05, 3.63) is 35.4 Å². The number of hydrogen-bond donors (Lipinski definition) is 4. The lowest BCUT2D eigenvalue weighted by atomic mass is 9.95. The van der Waals surface area contributed by atoms with Crippen molar-refractivity contribution in [2.24, 2.45) is 5.73 Å². The van der Waals surface area contributed by atoms with E-state index in [0.29, 0.717) is 5.56 Å². The molecule has 1 rings (SSSR count). The van der Waals surface area contributed by atoms with Gasteiger partial charge in [-0.25, -0.2) is 0 Å². The molecule has 0 radical (unpaired) electrons. The topological polar surface area (TPSA) is 121 Å². The fourth-order valence-electron chi connectivity index (χ4n) is 1.67. The maximum atomic E-state index is 10.7. The smallest absolute Gasteiger partial charge is 0.307 e. The Balaban J connectivity index is 2.93. The van der Waals surface area contributed by atoms with E-state index in [0.717, 1.165) is 0 Å². The van der Waals surface area contributed by atoms with E-state index in [1.54, 1.807) is 18.2 Å². The molecule has 0 bridgehead atoms. The molecular formula is C12H15NO5. The van der Waals surface area contributed by atoms with E-state index in [1.807, 2.05) is 0 Å². The Hall–Kier alpha value is -1.92. The Morgan fingerprint density at radius 2 is 1.83 bits per heavy atom. The van der Waals surface area contributed by atoms with Crippen molar-refractivity contribution in [2.45, 2.75) is 25.0 Å². The molecule has 0 aliphatic heterocycles. The van der Waals surface area contributed by atoms with Gasteiger partial charge < -0.3 is 21.1 Å². The molecule has 0 aromatic heterocycles. The average molecular weight is 253 g/mol. The minimum absolute atomic E-state index is 0.267. The minimum Gasteiger partial charge on any atom is -0.481 e. The number of nitrogens with two attached hydrogens (primary N) is 1. The maximum absolute atomic E-state index is 10.7. The molecule has 0 aliphatic carbocycles. The molecule has 1 aromatic rings. The molecule has 0 saturated heterocycles. The number of benzene rings is 1. The number of carboxylic acids is 1. The maximum Gasteiger partial charge on any atom is 0.307 e. The van der Waals surface area contributed by atoms with E-state index in [-0.39, 0.29) is 18.4 Å². The van der Waals surface area contributed by atoms with E-state index in [4.69, 9.17) is 10.8 Å². The number of rotatable bonds is 6. The van der Waals surface area contributed by atoms with Gasteiger partial charge in [0.05, 0.1) is 18.9 Å². The van der Waals surface area contributed by atoms with Gasteiger partial charge in [-0.1, -0.05) is 24.3 Å². The Morgan fingerprint density at radius 1 is 1.22 bits per heavy atom. The largest absolute Gasteiger partial charge is 0.481 e. The average Bonchev–Trinajstić information content (AvgIpc) is 2.27. The predicted molar refractivity (Wildman–Crippen MR) is 62.6 cm³/mol. The van der Waals surface area contributed by atoms with Crippen LogP contribution in [0, 0.1) is 0 Å². The third kappa shape index (κ3) is 3.83. The van der Waals surface area contributed by atoms with Gasteiger partial charge in [0.2, 0.25) is 5.91 Å². The molecule has 18 heavy (non-hydrogen) atoms. The first-order chi connectivity index (χ1) is 8.41. The zero-order valence-corrected chi connectivity index (χ0v) is 9.61. The molecule has 0 fully saturated rings. The molecule has 0 aliphatic rings. The summed E-state index contributed by atoms with van der Waals surface area (Å²) < 4.78 is 0. The van der Waals surface area contributed by atoms with Crippen LogP contribution < -0.4 is 5.73 Å². The lowest BCUT2D eigenvalue weighted by Crippen LogP contribution is -2.26. The van der Waals surface area contributed by atoms with E-state index in [2.05, 4.69) is 0 Å². The number of carbonyl (C=O) groups excluding carboxylic acids is 1. The van der Waals surface area contributed by atoms with Gasteiger partial charge in [0.15, 0.2) is 0 Å². The number of carbonyl (C=O) groups is 2. The van der Waals surface area contributed by atoms with Crippen LogP contribution in [0.25, 0.3) is 0 Å². The summed E-state index contributed by atoms with van der Waals surface area (Å²) in [6, 6.07) is 6.30. The third-order valence-electron chi connectivity index (χ3n) is 2.49. The molecule has 6 nitrogen and oxygen atoms in total. The summed E-state index contributed by atoms with van der Waals surface area (Å²) in [7, 11) is 0. The van der Waals surface area contributed by atoms with Crippen molar-refractivity contribution >= 4 is 11.9 Å². The zero-order chi connectivity index (χ0) is 13.7. The lowest BCUT2D eigenvalue weighted by Gasteiger charge is -2.19. The summed E-state index contributed by atoms with van der Waals surface area (Å²) in [6.07, 6.45) is -3.34. The first kappa shape index (κ1) is 14.1. The Kier molecular flexibility index (Phi) is 4.82. The SMILES string of the molecule is NC(=O)CC(O)C(O)c1ccccc1CC(=O)O. The van der Waals surface area contributed by atoms with E-state index >= 15 is 0 Å².